The van der Waals surface area contributed by atoms with Crippen LogP contribution < -0.4 is 5.32 Å². The molecule has 0 bridgehead atoms. The minimum atomic E-state index is -0.840. The Labute approximate surface area is 119 Å². The van der Waals surface area contributed by atoms with E-state index in [9.17, 15) is 9.90 Å². The van der Waals surface area contributed by atoms with Gasteiger partial charge in [-0.3, -0.25) is 10.1 Å². The molecule has 0 spiro atoms. The molecule has 2 aliphatic rings. The van der Waals surface area contributed by atoms with Gasteiger partial charge in [0.05, 0.1) is 12.2 Å². The number of hydrogen-bond donors (Lipinski definition) is 2. The van der Waals surface area contributed by atoms with Crippen LogP contribution in [0.3, 0.4) is 0 Å². The lowest BCUT2D eigenvalue weighted by Gasteiger charge is -2.48. The third kappa shape index (κ3) is 2.03. The van der Waals surface area contributed by atoms with E-state index in [2.05, 4.69) is 37.4 Å². The first kappa shape index (κ1) is 13.6. The number of carboxylic acids is 1. The number of ether oxygens (including phenoxy) is 1. The topological polar surface area (TPSA) is 58.6 Å². The van der Waals surface area contributed by atoms with Gasteiger partial charge in [0.25, 0.3) is 0 Å². The third-order valence-electron chi connectivity index (χ3n) is 4.58. The first-order valence-corrected chi connectivity index (χ1v) is 7.14. The summed E-state index contributed by atoms with van der Waals surface area (Å²) in [5, 5.41) is 12.6. The molecular weight excluding hydrogens is 254 g/mol. The number of fused-ring (bicyclic) bond motifs is 3. The van der Waals surface area contributed by atoms with E-state index >= 15 is 0 Å². The Morgan fingerprint density at radius 1 is 1.40 bits per heavy atom. The fourth-order valence-electron chi connectivity index (χ4n) is 3.61. The normalized spacial score (nSPS) is 35.0. The minimum Gasteiger partial charge on any atom is -0.480 e. The van der Waals surface area contributed by atoms with E-state index in [0.717, 1.165) is 6.42 Å². The maximum Gasteiger partial charge on any atom is 0.323 e. The summed E-state index contributed by atoms with van der Waals surface area (Å²) in [6.07, 6.45) is 0.499. The molecule has 0 radical (unpaired) electrons. The molecule has 4 unspecified atom stereocenters. The first-order chi connectivity index (χ1) is 9.40. The highest BCUT2D eigenvalue weighted by Crippen LogP contribution is 2.45. The Morgan fingerprint density at radius 3 is 2.80 bits per heavy atom. The minimum absolute atomic E-state index is 0.0255. The molecule has 4 nitrogen and oxygen atoms in total. The van der Waals surface area contributed by atoms with Crippen molar-refractivity contribution in [1.29, 1.82) is 0 Å². The lowest BCUT2D eigenvalue weighted by Crippen LogP contribution is -2.60. The summed E-state index contributed by atoms with van der Waals surface area (Å²) in [5.74, 6) is -0.840. The lowest BCUT2D eigenvalue weighted by atomic mass is 9.69. The van der Waals surface area contributed by atoms with Crippen LogP contribution in [0.25, 0.3) is 0 Å². The summed E-state index contributed by atoms with van der Waals surface area (Å²) in [6, 6.07) is 7.76. The van der Waals surface area contributed by atoms with Crippen LogP contribution in [0.2, 0.25) is 0 Å². The number of aliphatic carboxylic acids is 1. The number of hydrogen-bond acceptors (Lipinski definition) is 3. The van der Waals surface area contributed by atoms with Gasteiger partial charge in [-0.25, -0.2) is 0 Å². The fourth-order valence-corrected chi connectivity index (χ4v) is 3.61. The lowest BCUT2D eigenvalue weighted by molar-refractivity contribution is -0.154. The van der Waals surface area contributed by atoms with Gasteiger partial charge in [-0.2, -0.15) is 0 Å². The van der Waals surface area contributed by atoms with Gasteiger partial charge >= 0.3 is 5.97 Å². The van der Waals surface area contributed by atoms with Crippen LogP contribution in [-0.2, 0) is 14.9 Å². The Balaban J connectivity index is 1.99. The first-order valence-electron chi connectivity index (χ1n) is 7.14. The summed E-state index contributed by atoms with van der Waals surface area (Å²) in [5.41, 5.74) is 2.53. The van der Waals surface area contributed by atoms with Crippen LogP contribution in [0.4, 0.5) is 0 Å². The predicted octanol–water partition coefficient (Wildman–Crippen LogP) is 2.24. The summed E-state index contributed by atoms with van der Waals surface area (Å²) in [4.78, 5) is 11.3. The number of rotatable bonds is 1. The second-order valence-corrected chi connectivity index (χ2v) is 6.53. The summed E-state index contributed by atoms with van der Waals surface area (Å²) >= 11 is 0. The molecule has 1 heterocycles. The highest BCUT2D eigenvalue weighted by Gasteiger charge is 2.46. The molecule has 4 heteroatoms. The fraction of sp³-hybridized carbons (Fsp3) is 0.562. The largest absolute Gasteiger partial charge is 0.480 e. The SMILES string of the molecule is CC1OC2c3ccccc3C(C)(C)CC2NC1C(=O)O. The molecule has 1 aliphatic carbocycles. The van der Waals surface area contributed by atoms with Crippen molar-refractivity contribution in [2.24, 2.45) is 0 Å². The van der Waals surface area contributed by atoms with Crippen molar-refractivity contribution in [3.63, 3.8) is 0 Å². The monoisotopic (exact) mass is 275 g/mol. The Kier molecular flexibility index (Phi) is 3.10. The standard InChI is InChI=1S/C16H21NO3/c1-9-13(15(18)19)17-12-8-16(2,3)11-7-5-4-6-10(11)14(12)20-9/h4-7,9,12-14,17H,8H2,1-3H3,(H,18,19). The maximum absolute atomic E-state index is 11.3. The van der Waals surface area contributed by atoms with Gasteiger partial charge in [0.15, 0.2) is 0 Å². The van der Waals surface area contributed by atoms with Gasteiger partial charge in [0.1, 0.15) is 6.04 Å². The second kappa shape index (κ2) is 4.57. The number of morpholine rings is 1. The van der Waals surface area contributed by atoms with E-state index < -0.39 is 12.0 Å². The molecule has 1 fully saturated rings. The van der Waals surface area contributed by atoms with Crippen LogP contribution in [0, 0.1) is 0 Å². The predicted molar refractivity (Wildman–Crippen MR) is 75.7 cm³/mol. The number of benzene rings is 1. The van der Waals surface area contributed by atoms with Crippen molar-refractivity contribution < 1.29 is 14.6 Å². The van der Waals surface area contributed by atoms with Crippen LogP contribution in [0.1, 0.15) is 44.4 Å². The Bertz CT molecular complexity index is 540. The van der Waals surface area contributed by atoms with Crippen molar-refractivity contribution in [2.75, 3.05) is 0 Å². The summed E-state index contributed by atoms with van der Waals surface area (Å²) in [6.45, 7) is 6.24. The summed E-state index contributed by atoms with van der Waals surface area (Å²) in [7, 11) is 0. The highest BCUT2D eigenvalue weighted by molar-refractivity contribution is 5.74. The van der Waals surface area contributed by atoms with E-state index in [1.807, 2.05) is 13.0 Å². The van der Waals surface area contributed by atoms with Crippen LogP contribution in [0.5, 0.6) is 0 Å². The maximum atomic E-state index is 11.3. The molecule has 2 N–H and O–H groups in total. The molecule has 1 aromatic carbocycles. The van der Waals surface area contributed by atoms with Gasteiger partial charge in [-0.15, -0.1) is 0 Å². The smallest absolute Gasteiger partial charge is 0.323 e. The van der Waals surface area contributed by atoms with Crippen LogP contribution in [0.15, 0.2) is 24.3 Å². The molecule has 108 valence electrons. The van der Waals surface area contributed by atoms with Gasteiger partial charge in [-0.05, 0) is 29.9 Å². The molecule has 20 heavy (non-hydrogen) atoms. The zero-order chi connectivity index (χ0) is 14.5. The van der Waals surface area contributed by atoms with Gasteiger partial charge in [0, 0.05) is 6.04 Å². The van der Waals surface area contributed by atoms with Crippen molar-refractivity contribution in [3.05, 3.63) is 35.4 Å². The molecule has 0 aromatic heterocycles. The number of carboxylic acid groups (broad SMARTS) is 1. The van der Waals surface area contributed by atoms with E-state index in [1.54, 1.807) is 0 Å². The van der Waals surface area contributed by atoms with E-state index in [0.29, 0.717) is 0 Å². The number of nitrogens with one attached hydrogen (secondary N) is 1. The quantitative estimate of drug-likeness (QED) is 0.825. The number of carbonyl (C=O) groups is 1. The van der Waals surface area contributed by atoms with Crippen LogP contribution >= 0.6 is 0 Å². The second-order valence-electron chi connectivity index (χ2n) is 6.53. The summed E-state index contributed by atoms with van der Waals surface area (Å²) < 4.78 is 6.04. The average Bonchev–Trinajstić information content (AvgIpc) is 2.39. The van der Waals surface area contributed by atoms with Crippen molar-refractivity contribution in [3.8, 4) is 0 Å². The molecule has 1 aliphatic heterocycles. The zero-order valence-electron chi connectivity index (χ0n) is 12.1. The van der Waals surface area contributed by atoms with Crippen molar-refractivity contribution in [1.82, 2.24) is 5.32 Å². The van der Waals surface area contributed by atoms with Gasteiger partial charge in [-0.1, -0.05) is 38.1 Å². The third-order valence-corrected chi connectivity index (χ3v) is 4.58. The van der Waals surface area contributed by atoms with Crippen LogP contribution in [-0.4, -0.2) is 29.3 Å². The zero-order valence-corrected chi connectivity index (χ0v) is 12.1. The van der Waals surface area contributed by atoms with E-state index in [4.69, 9.17) is 4.74 Å². The van der Waals surface area contributed by atoms with Gasteiger partial charge in [0.2, 0.25) is 0 Å². The van der Waals surface area contributed by atoms with E-state index in [-0.39, 0.29) is 23.7 Å². The molecule has 3 rings (SSSR count). The van der Waals surface area contributed by atoms with Gasteiger partial charge < -0.3 is 9.84 Å². The molecule has 4 atom stereocenters. The molecule has 1 saturated heterocycles. The molecular formula is C16H21NO3. The highest BCUT2D eigenvalue weighted by atomic mass is 16.5. The molecule has 0 amide bonds. The average molecular weight is 275 g/mol. The van der Waals surface area contributed by atoms with Crippen molar-refractivity contribution in [2.45, 2.75) is 56.9 Å². The van der Waals surface area contributed by atoms with Crippen molar-refractivity contribution >= 4 is 5.97 Å². The molecule has 1 aromatic rings. The van der Waals surface area contributed by atoms with E-state index in [1.165, 1.54) is 11.1 Å². The molecule has 0 saturated carbocycles. The Hall–Kier alpha value is -1.39. The Morgan fingerprint density at radius 2 is 2.10 bits per heavy atom.